The van der Waals surface area contributed by atoms with Crippen molar-refractivity contribution in [3.63, 3.8) is 0 Å². The Kier molecular flexibility index (Phi) is 6.36. The van der Waals surface area contributed by atoms with E-state index in [1.807, 2.05) is 30.3 Å². The van der Waals surface area contributed by atoms with E-state index in [2.05, 4.69) is 40.8 Å². The fourth-order valence-corrected chi connectivity index (χ4v) is 4.43. The number of likely N-dealkylation sites (tertiary alicyclic amines) is 1. The zero-order chi connectivity index (χ0) is 19.6. The van der Waals surface area contributed by atoms with E-state index in [1.165, 1.54) is 0 Å². The molecule has 26 heavy (non-hydrogen) atoms. The molecule has 1 unspecified atom stereocenters. The third kappa shape index (κ3) is 4.56. The van der Waals surface area contributed by atoms with Crippen LogP contribution in [-0.2, 0) is 15.8 Å². The molecule has 1 N–H and O–H groups in total. The van der Waals surface area contributed by atoms with Crippen molar-refractivity contribution in [3.8, 4) is 0 Å². The van der Waals surface area contributed by atoms with Gasteiger partial charge in [0.1, 0.15) is 11.8 Å². The summed E-state index contributed by atoms with van der Waals surface area (Å²) in [5.74, 6) is -0.0720. The normalized spacial score (nSPS) is 24.3. The molecule has 1 fully saturated rings. The van der Waals surface area contributed by atoms with E-state index >= 15 is 0 Å². The predicted octanol–water partition coefficient (Wildman–Crippen LogP) is 4.69. The lowest BCUT2D eigenvalue weighted by atomic mass is 10.0. The molecule has 0 radical (unpaired) electrons. The molecule has 2 atom stereocenters. The van der Waals surface area contributed by atoms with Gasteiger partial charge in [-0.1, -0.05) is 64.4 Å². The topological polar surface area (TPSA) is 49.8 Å². The molecule has 1 saturated heterocycles. The van der Waals surface area contributed by atoms with Crippen molar-refractivity contribution >= 4 is 14.2 Å². The molecule has 1 aliphatic heterocycles. The summed E-state index contributed by atoms with van der Waals surface area (Å²) in [6.07, 6.45) is 2.30. The number of hydrogen-bond acceptors (Lipinski definition) is 3. The van der Waals surface area contributed by atoms with Crippen LogP contribution in [0.1, 0.15) is 58.9 Å². The first kappa shape index (κ1) is 21.1. The van der Waals surface area contributed by atoms with Crippen molar-refractivity contribution < 1.29 is 14.3 Å². The first-order valence-electron chi connectivity index (χ1n) is 9.76. The number of carbonyl (C=O) groups is 1. The largest absolute Gasteiger partial charge is 0.405 e. The Morgan fingerprint density at radius 3 is 2.42 bits per heavy atom. The Morgan fingerprint density at radius 1 is 1.27 bits per heavy atom. The summed E-state index contributed by atoms with van der Waals surface area (Å²) in [5.41, 5.74) is -0.0839. The lowest BCUT2D eigenvalue weighted by Gasteiger charge is -2.37. The van der Waals surface area contributed by atoms with E-state index < -0.39 is 20.1 Å². The summed E-state index contributed by atoms with van der Waals surface area (Å²) < 4.78 is 6.41. The van der Waals surface area contributed by atoms with Gasteiger partial charge in [0.25, 0.3) is 5.91 Å². The van der Waals surface area contributed by atoms with Crippen LogP contribution in [0.4, 0.5) is 0 Å². The fraction of sp³-hybridized carbons (Fsp3) is 0.667. The van der Waals surface area contributed by atoms with Crippen LogP contribution in [0.3, 0.4) is 0 Å². The molecule has 0 aromatic heterocycles. The van der Waals surface area contributed by atoms with Gasteiger partial charge in [-0.2, -0.15) is 0 Å². The summed E-state index contributed by atoms with van der Waals surface area (Å²) in [5, 5.41) is 11.4. The minimum atomic E-state index is -2.09. The fourth-order valence-electron chi connectivity index (χ4n) is 3.19. The highest BCUT2D eigenvalue weighted by atomic mass is 28.4. The molecule has 0 saturated carbocycles. The zero-order valence-electron chi connectivity index (χ0n) is 17.2. The smallest absolute Gasteiger partial charge is 0.253 e. The van der Waals surface area contributed by atoms with Crippen molar-refractivity contribution in [3.05, 3.63) is 35.9 Å². The van der Waals surface area contributed by atoms with Crippen LogP contribution in [-0.4, -0.2) is 36.1 Å². The van der Waals surface area contributed by atoms with Crippen molar-refractivity contribution in [1.29, 1.82) is 0 Å². The highest BCUT2D eigenvalue weighted by Gasteiger charge is 2.52. The van der Waals surface area contributed by atoms with Gasteiger partial charge >= 0.3 is 0 Å². The molecule has 1 amide bonds. The molecule has 146 valence electrons. The molecule has 1 heterocycles. The number of hydrogen-bond donors (Lipinski definition) is 1. The van der Waals surface area contributed by atoms with Gasteiger partial charge in [-0.3, -0.25) is 4.79 Å². The second-order valence-electron chi connectivity index (χ2n) is 9.07. The van der Waals surface area contributed by atoms with E-state index in [0.717, 1.165) is 18.4 Å². The second kappa shape index (κ2) is 7.83. The molecule has 1 aliphatic rings. The number of unbranched alkanes of at least 4 members (excludes halogenated alkanes) is 1. The summed E-state index contributed by atoms with van der Waals surface area (Å²) in [7, 11) is -2.09. The van der Waals surface area contributed by atoms with Crippen molar-refractivity contribution in [2.75, 3.05) is 0 Å². The lowest BCUT2D eigenvalue weighted by Crippen LogP contribution is -2.47. The Labute approximate surface area is 159 Å². The van der Waals surface area contributed by atoms with E-state index in [9.17, 15) is 9.90 Å². The van der Waals surface area contributed by atoms with Crippen molar-refractivity contribution in [2.45, 2.75) is 89.9 Å². The second-order valence-corrected chi connectivity index (χ2v) is 13.8. The number of amides is 1. The molecule has 1 aromatic carbocycles. The summed E-state index contributed by atoms with van der Waals surface area (Å²) in [6, 6.07) is 9.88. The van der Waals surface area contributed by atoms with Gasteiger partial charge in [0.05, 0.1) is 0 Å². The van der Waals surface area contributed by atoms with Crippen molar-refractivity contribution in [1.82, 2.24) is 4.90 Å². The van der Waals surface area contributed by atoms with E-state index in [0.29, 0.717) is 19.4 Å². The number of rotatable bonds is 7. The summed E-state index contributed by atoms with van der Waals surface area (Å²) in [6.45, 7) is 13.4. The van der Waals surface area contributed by atoms with Gasteiger partial charge in [-0.05, 0) is 36.5 Å². The maximum atomic E-state index is 13.2. The van der Waals surface area contributed by atoms with Crippen LogP contribution in [0.2, 0.25) is 18.1 Å². The van der Waals surface area contributed by atoms with Crippen LogP contribution in [0.5, 0.6) is 0 Å². The standard InChI is InChI=1S/C21H35NO3Si/c1-7-8-14-21(24)15-18(25-26(5,6)20(2,3)4)19(23)22(21)16-17-12-10-9-11-13-17/h9-13,18,24H,7-8,14-16H2,1-6H3/t18-,21?/m0/s1. The summed E-state index contributed by atoms with van der Waals surface area (Å²) in [4.78, 5) is 14.8. The average molecular weight is 378 g/mol. The predicted molar refractivity (Wildman–Crippen MR) is 108 cm³/mol. The highest BCUT2D eigenvalue weighted by Crippen LogP contribution is 2.42. The van der Waals surface area contributed by atoms with Crippen LogP contribution in [0.15, 0.2) is 30.3 Å². The third-order valence-electron chi connectivity index (χ3n) is 5.91. The van der Waals surface area contributed by atoms with E-state index in [4.69, 9.17) is 4.43 Å². The van der Waals surface area contributed by atoms with E-state index in [1.54, 1.807) is 4.90 Å². The van der Waals surface area contributed by atoms with Gasteiger partial charge in [-0.15, -0.1) is 0 Å². The van der Waals surface area contributed by atoms with Gasteiger partial charge in [0.2, 0.25) is 0 Å². The SMILES string of the molecule is CCCCC1(O)C[C@H](O[Si](C)(C)C(C)(C)C)C(=O)N1Cc1ccccc1. The van der Waals surface area contributed by atoms with Gasteiger partial charge in [0, 0.05) is 13.0 Å². The number of carbonyl (C=O) groups excluding carboxylic acids is 1. The maximum Gasteiger partial charge on any atom is 0.253 e. The van der Waals surface area contributed by atoms with Crippen LogP contribution in [0, 0.1) is 0 Å². The molecular weight excluding hydrogens is 342 g/mol. The minimum absolute atomic E-state index is 0.0294. The van der Waals surface area contributed by atoms with Gasteiger partial charge in [0.15, 0.2) is 8.32 Å². The number of aliphatic hydroxyl groups is 1. The molecule has 4 nitrogen and oxygen atoms in total. The monoisotopic (exact) mass is 377 g/mol. The quantitative estimate of drug-likeness (QED) is 0.701. The molecule has 2 rings (SSSR count). The van der Waals surface area contributed by atoms with Gasteiger partial charge < -0.3 is 14.4 Å². The molecule has 5 heteroatoms. The lowest BCUT2D eigenvalue weighted by molar-refractivity contribution is -0.149. The third-order valence-corrected chi connectivity index (χ3v) is 10.4. The molecule has 1 aromatic rings. The van der Waals surface area contributed by atoms with Crippen LogP contribution >= 0.6 is 0 Å². The summed E-state index contributed by atoms with van der Waals surface area (Å²) >= 11 is 0. The van der Waals surface area contributed by atoms with E-state index in [-0.39, 0.29) is 10.9 Å². The molecule has 0 aliphatic carbocycles. The highest BCUT2D eigenvalue weighted by molar-refractivity contribution is 6.74. The molecule has 0 spiro atoms. The first-order chi connectivity index (χ1) is 12.0. The molecule has 0 bridgehead atoms. The number of nitrogens with zero attached hydrogens (tertiary/aromatic N) is 1. The Bertz CT molecular complexity index is 611. The maximum absolute atomic E-state index is 13.2. The zero-order valence-corrected chi connectivity index (χ0v) is 18.2. The van der Waals surface area contributed by atoms with Crippen LogP contribution in [0.25, 0.3) is 0 Å². The van der Waals surface area contributed by atoms with Crippen LogP contribution < -0.4 is 0 Å². The first-order valence-corrected chi connectivity index (χ1v) is 12.7. The number of benzene rings is 1. The van der Waals surface area contributed by atoms with Gasteiger partial charge in [-0.25, -0.2) is 0 Å². The Morgan fingerprint density at radius 2 is 1.88 bits per heavy atom. The molecular formula is C21H35NO3Si. The average Bonchev–Trinajstić information content (AvgIpc) is 2.77. The Balaban J connectivity index is 2.25. The van der Waals surface area contributed by atoms with Crippen molar-refractivity contribution in [2.24, 2.45) is 0 Å². The Hall–Kier alpha value is -1.17. The minimum Gasteiger partial charge on any atom is -0.405 e.